The van der Waals surface area contributed by atoms with Gasteiger partial charge in [0.15, 0.2) is 0 Å². The van der Waals surface area contributed by atoms with Crippen LogP contribution in [0, 0.1) is 26.7 Å². The van der Waals surface area contributed by atoms with Crippen molar-refractivity contribution >= 4 is 17.5 Å². The van der Waals surface area contributed by atoms with E-state index >= 15 is 0 Å². The van der Waals surface area contributed by atoms with Crippen LogP contribution in [-0.4, -0.2) is 28.1 Å². The van der Waals surface area contributed by atoms with E-state index in [1.807, 2.05) is 65.0 Å². The summed E-state index contributed by atoms with van der Waals surface area (Å²) in [6.45, 7) is 10.3. The zero-order valence-electron chi connectivity index (χ0n) is 18.1. The van der Waals surface area contributed by atoms with Crippen LogP contribution in [0.15, 0.2) is 48.5 Å². The van der Waals surface area contributed by atoms with Crippen molar-refractivity contribution < 1.29 is 9.59 Å². The predicted octanol–water partition coefficient (Wildman–Crippen LogP) is 4.44. The minimum absolute atomic E-state index is 0.111. The number of carbonyl (C=O) groups is 2. The summed E-state index contributed by atoms with van der Waals surface area (Å²) in [5.41, 5.74) is 4.98. The van der Waals surface area contributed by atoms with Gasteiger partial charge in [0.2, 0.25) is 0 Å². The molecule has 30 heavy (non-hydrogen) atoms. The minimum Gasteiger partial charge on any atom is -0.352 e. The third-order valence-electron chi connectivity index (χ3n) is 4.93. The predicted molar refractivity (Wildman–Crippen MR) is 119 cm³/mol. The zero-order chi connectivity index (χ0) is 21.8. The molecule has 0 atom stereocenters. The molecule has 2 N–H and O–H groups in total. The Bertz CT molecular complexity index is 1070. The van der Waals surface area contributed by atoms with Crippen molar-refractivity contribution in [1.82, 2.24) is 15.1 Å². The molecule has 0 spiro atoms. The smallest absolute Gasteiger partial charge is 0.259 e. The Hall–Kier alpha value is -3.41. The molecule has 3 aromatic rings. The monoisotopic (exact) mass is 404 g/mol. The van der Waals surface area contributed by atoms with Gasteiger partial charge < -0.3 is 10.6 Å². The molecule has 0 radical (unpaired) electrons. The van der Waals surface area contributed by atoms with E-state index in [1.165, 1.54) is 0 Å². The molecule has 3 rings (SSSR count). The summed E-state index contributed by atoms with van der Waals surface area (Å²) >= 11 is 0. The summed E-state index contributed by atoms with van der Waals surface area (Å²) < 4.78 is 1.78. The minimum atomic E-state index is -0.215. The van der Waals surface area contributed by atoms with Gasteiger partial charge in [0.25, 0.3) is 11.8 Å². The second-order valence-corrected chi connectivity index (χ2v) is 7.88. The van der Waals surface area contributed by atoms with Crippen molar-refractivity contribution in [2.75, 3.05) is 11.9 Å². The Balaban J connectivity index is 1.80. The molecule has 0 bridgehead atoms. The first-order valence-corrected chi connectivity index (χ1v) is 10.1. The summed E-state index contributed by atoms with van der Waals surface area (Å²) in [6.07, 6.45) is 0. The average molecular weight is 405 g/mol. The van der Waals surface area contributed by atoms with Crippen molar-refractivity contribution in [3.63, 3.8) is 0 Å². The summed E-state index contributed by atoms with van der Waals surface area (Å²) in [5.74, 6) is 0.0599. The number of nitrogens with one attached hydrogen (secondary N) is 2. The SMILES string of the molecule is Cc1cc(C(=O)NCC(C)C)ccc1NC(=O)c1c(C)nn(-c2ccccc2)c1C. The lowest BCUT2D eigenvalue weighted by molar-refractivity contribution is 0.0948. The number of benzene rings is 2. The van der Waals surface area contributed by atoms with Crippen LogP contribution in [0.3, 0.4) is 0 Å². The van der Waals surface area contributed by atoms with Gasteiger partial charge in [-0.05, 0) is 62.6 Å². The lowest BCUT2D eigenvalue weighted by Crippen LogP contribution is -2.27. The topological polar surface area (TPSA) is 76.0 Å². The van der Waals surface area contributed by atoms with Gasteiger partial charge >= 0.3 is 0 Å². The molecule has 156 valence electrons. The fourth-order valence-corrected chi connectivity index (χ4v) is 3.32. The van der Waals surface area contributed by atoms with Crippen molar-refractivity contribution in [1.29, 1.82) is 0 Å². The molecule has 0 aliphatic carbocycles. The molecular weight excluding hydrogens is 376 g/mol. The van der Waals surface area contributed by atoms with E-state index in [2.05, 4.69) is 15.7 Å². The standard InChI is InChI=1S/C24H28N4O2/c1-15(2)14-25-23(29)19-11-12-21(16(3)13-19)26-24(30)22-17(4)27-28(18(22)5)20-9-7-6-8-10-20/h6-13,15H,14H2,1-5H3,(H,25,29)(H,26,30). The summed E-state index contributed by atoms with van der Waals surface area (Å²) in [4.78, 5) is 25.3. The second kappa shape index (κ2) is 8.95. The molecule has 0 saturated heterocycles. The maximum Gasteiger partial charge on any atom is 0.259 e. The Labute approximate surface area is 177 Å². The van der Waals surface area contributed by atoms with Gasteiger partial charge in [-0.2, -0.15) is 5.10 Å². The number of hydrogen-bond acceptors (Lipinski definition) is 3. The van der Waals surface area contributed by atoms with Crippen LogP contribution < -0.4 is 10.6 Å². The first kappa shape index (κ1) is 21.3. The molecule has 2 amide bonds. The summed E-state index contributed by atoms with van der Waals surface area (Å²) in [6, 6.07) is 15.0. The number of aromatic nitrogens is 2. The summed E-state index contributed by atoms with van der Waals surface area (Å²) in [5, 5.41) is 10.4. The molecular formula is C24H28N4O2. The second-order valence-electron chi connectivity index (χ2n) is 7.88. The highest BCUT2D eigenvalue weighted by Crippen LogP contribution is 2.22. The van der Waals surface area contributed by atoms with Crippen molar-refractivity contribution in [2.45, 2.75) is 34.6 Å². The fraction of sp³-hybridized carbons (Fsp3) is 0.292. The quantitative estimate of drug-likeness (QED) is 0.638. The Kier molecular flexibility index (Phi) is 6.35. The van der Waals surface area contributed by atoms with E-state index in [0.29, 0.717) is 35.0 Å². The van der Waals surface area contributed by atoms with Crippen molar-refractivity contribution in [2.24, 2.45) is 5.92 Å². The van der Waals surface area contributed by atoms with Crippen LogP contribution in [0.5, 0.6) is 0 Å². The van der Waals surface area contributed by atoms with E-state index in [1.54, 1.807) is 22.9 Å². The highest BCUT2D eigenvalue weighted by Gasteiger charge is 2.20. The molecule has 0 saturated carbocycles. The maximum absolute atomic E-state index is 13.0. The molecule has 0 fully saturated rings. The Morgan fingerprint density at radius 2 is 1.70 bits per heavy atom. The number of para-hydroxylation sites is 1. The number of nitrogens with zero attached hydrogens (tertiary/aromatic N) is 2. The van der Waals surface area contributed by atoms with Gasteiger partial charge in [0, 0.05) is 17.8 Å². The molecule has 2 aromatic carbocycles. The summed E-state index contributed by atoms with van der Waals surface area (Å²) in [7, 11) is 0. The number of aryl methyl sites for hydroxylation is 2. The number of anilines is 1. The lowest BCUT2D eigenvalue weighted by Gasteiger charge is -2.12. The van der Waals surface area contributed by atoms with Crippen LogP contribution in [-0.2, 0) is 0 Å². The highest BCUT2D eigenvalue weighted by atomic mass is 16.2. The number of rotatable bonds is 6. The Morgan fingerprint density at radius 3 is 2.33 bits per heavy atom. The zero-order valence-corrected chi connectivity index (χ0v) is 18.1. The number of carbonyl (C=O) groups excluding carboxylic acids is 2. The van der Waals surface area contributed by atoms with E-state index < -0.39 is 0 Å². The van der Waals surface area contributed by atoms with Crippen LogP contribution >= 0.6 is 0 Å². The van der Waals surface area contributed by atoms with E-state index in [-0.39, 0.29) is 11.8 Å². The molecule has 0 unspecified atom stereocenters. The van der Waals surface area contributed by atoms with E-state index in [0.717, 1.165) is 16.9 Å². The Morgan fingerprint density at radius 1 is 1.00 bits per heavy atom. The van der Waals surface area contributed by atoms with Crippen LogP contribution in [0.2, 0.25) is 0 Å². The number of amides is 2. The van der Waals surface area contributed by atoms with Gasteiger partial charge in [0.1, 0.15) is 0 Å². The molecule has 0 aliphatic rings. The van der Waals surface area contributed by atoms with Crippen molar-refractivity contribution in [3.05, 3.63) is 76.6 Å². The van der Waals surface area contributed by atoms with Crippen LogP contribution in [0.25, 0.3) is 5.69 Å². The van der Waals surface area contributed by atoms with Crippen molar-refractivity contribution in [3.8, 4) is 5.69 Å². The van der Waals surface area contributed by atoms with Gasteiger partial charge in [-0.15, -0.1) is 0 Å². The van der Waals surface area contributed by atoms with Gasteiger partial charge in [-0.25, -0.2) is 4.68 Å². The largest absolute Gasteiger partial charge is 0.352 e. The molecule has 6 nitrogen and oxygen atoms in total. The third kappa shape index (κ3) is 4.59. The maximum atomic E-state index is 13.0. The third-order valence-corrected chi connectivity index (χ3v) is 4.93. The fourth-order valence-electron chi connectivity index (χ4n) is 3.32. The first-order valence-electron chi connectivity index (χ1n) is 10.1. The normalized spacial score (nSPS) is 10.9. The molecule has 0 aliphatic heterocycles. The van der Waals surface area contributed by atoms with Crippen LogP contribution in [0.1, 0.15) is 51.5 Å². The van der Waals surface area contributed by atoms with Gasteiger partial charge in [-0.3, -0.25) is 9.59 Å². The first-order chi connectivity index (χ1) is 14.3. The van der Waals surface area contributed by atoms with E-state index in [9.17, 15) is 9.59 Å². The molecule has 6 heteroatoms. The van der Waals surface area contributed by atoms with Gasteiger partial charge in [-0.1, -0.05) is 32.0 Å². The highest BCUT2D eigenvalue weighted by molar-refractivity contribution is 6.06. The molecule has 1 heterocycles. The van der Waals surface area contributed by atoms with Gasteiger partial charge in [0.05, 0.1) is 22.6 Å². The van der Waals surface area contributed by atoms with E-state index in [4.69, 9.17) is 0 Å². The van der Waals surface area contributed by atoms with Crippen LogP contribution in [0.4, 0.5) is 5.69 Å². The molecule has 1 aromatic heterocycles. The number of hydrogen-bond donors (Lipinski definition) is 2. The lowest BCUT2D eigenvalue weighted by atomic mass is 10.1. The average Bonchev–Trinajstić information content (AvgIpc) is 3.02.